The highest BCUT2D eigenvalue weighted by atomic mass is 32.2. The second-order valence-corrected chi connectivity index (χ2v) is 9.82. The Bertz CT molecular complexity index is 1200. The molecule has 6 nitrogen and oxygen atoms in total. The van der Waals surface area contributed by atoms with Crippen molar-refractivity contribution in [1.82, 2.24) is 9.47 Å². The van der Waals surface area contributed by atoms with Gasteiger partial charge in [-0.15, -0.1) is 11.3 Å². The lowest BCUT2D eigenvalue weighted by Crippen LogP contribution is -2.34. The number of hydrogen-bond acceptors (Lipinski definition) is 8. The zero-order valence-electron chi connectivity index (χ0n) is 15.6. The molecule has 3 heterocycles. The molecule has 28 heavy (non-hydrogen) atoms. The third-order valence-corrected chi connectivity index (χ3v) is 8.82. The van der Waals surface area contributed by atoms with E-state index in [4.69, 9.17) is 17.0 Å². The molecule has 0 saturated carbocycles. The summed E-state index contributed by atoms with van der Waals surface area (Å²) in [7, 11) is 5.23. The van der Waals surface area contributed by atoms with E-state index < -0.39 is 0 Å². The van der Waals surface area contributed by atoms with Gasteiger partial charge in [-0.25, -0.2) is 0 Å². The summed E-state index contributed by atoms with van der Waals surface area (Å²) in [6.07, 6.45) is 0. The predicted molar refractivity (Wildman–Crippen MR) is 121 cm³/mol. The molecule has 0 bridgehead atoms. The van der Waals surface area contributed by atoms with Crippen LogP contribution in [0.15, 0.2) is 27.9 Å². The van der Waals surface area contributed by atoms with Gasteiger partial charge in [0.25, 0.3) is 11.5 Å². The summed E-state index contributed by atoms with van der Waals surface area (Å²) in [5.74, 6) is 0.612. The van der Waals surface area contributed by atoms with Gasteiger partial charge in [-0.05, 0) is 19.1 Å². The van der Waals surface area contributed by atoms with Gasteiger partial charge in [0.15, 0.2) is 0 Å². The number of fused-ring (bicyclic) bond motifs is 1. The number of thiazole rings is 1. The van der Waals surface area contributed by atoms with Crippen LogP contribution in [0, 0.1) is 0 Å². The molecule has 2 aromatic rings. The van der Waals surface area contributed by atoms with Crippen molar-refractivity contribution in [3.8, 4) is 5.75 Å². The average Bonchev–Trinajstić information content (AvgIpc) is 3.28. The summed E-state index contributed by atoms with van der Waals surface area (Å²) in [5.41, 5.74) is 0.912. The molecule has 1 aromatic carbocycles. The second kappa shape index (κ2) is 7.25. The molecule has 0 unspecified atom stereocenters. The lowest BCUT2D eigenvalue weighted by Gasteiger charge is -2.13. The van der Waals surface area contributed by atoms with Crippen molar-refractivity contribution in [1.29, 1.82) is 0 Å². The Balaban J connectivity index is 1.96. The number of nitrogens with zero attached hydrogens (tertiary/aromatic N) is 3. The second-order valence-electron chi connectivity index (χ2n) is 6.15. The molecule has 0 radical (unpaired) electrons. The van der Waals surface area contributed by atoms with E-state index >= 15 is 0 Å². The lowest BCUT2D eigenvalue weighted by atomic mass is 10.3. The number of hydrogen-bond donors (Lipinski definition) is 0. The highest BCUT2D eigenvalue weighted by Crippen LogP contribution is 2.46. The van der Waals surface area contributed by atoms with E-state index in [-0.39, 0.29) is 11.5 Å². The minimum atomic E-state index is -0.157. The average molecular weight is 452 g/mol. The first-order valence-corrected chi connectivity index (χ1v) is 11.3. The number of benzene rings is 1. The largest absolute Gasteiger partial charge is 0.497 e. The number of aromatic nitrogens is 1. The zero-order valence-corrected chi connectivity index (χ0v) is 18.9. The van der Waals surface area contributed by atoms with E-state index in [0.29, 0.717) is 25.0 Å². The van der Waals surface area contributed by atoms with Crippen molar-refractivity contribution in [2.24, 2.45) is 0 Å². The zero-order chi connectivity index (χ0) is 20.2. The number of carbonyl (C=O) groups is 1. The summed E-state index contributed by atoms with van der Waals surface area (Å²) >= 11 is 9.40. The van der Waals surface area contributed by atoms with Gasteiger partial charge < -0.3 is 9.64 Å². The number of anilines is 1. The van der Waals surface area contributed by atoms with Gasteiger partial charge in [0.2, 0.25) is 0 Å². The van der Waals surface area contributed by atoms with Crippen LogP contribution < -0.4 is 24.4 Å². The number of rotatable bonds is 2. The first-order valence-electron chi connectivity index (χ1n) is 8.45. The van der Waals surface area contributed by atoms with Crippen molar-refractivity contribution in [2.75, 3.05) is 26.1 Å². The van der Waals surface area contributed by atoms with Gasteiger partial charge in [-0.1, -0.05) is 35.7 Å². The first kappa shape index (κ1) is 19.6. The van der Waals surface area contributed by atoms with Crippen LogP contribution in [0.25, 0.3) is 9.93 Å². The molecule has 1 saturated heterocycles. The van der Waals surface area contributed by atoms with E-state index in [2.05, 4.69) is 0 Å². The predicted octanol–water partition coefficient (Wildman–Crippen LogP) is 1.84. The molecule has 0 N–H and O–H groups in total. The molecule has 10 heteroatoms. The van der Waals surface area contributed by atoms with E-state index in [9.17, 15) is 9.59 Å². The van der Waals surface area contributed by atoms with Crippen LogP contribution in [0.3, 0.4) is 0 Å². The molecule has 1 aromatic heterocycles. The standard InChI is InChI=1S/C18H17N3O3S4/c1-5-21-15(23)13(27-17(21)12-14(22)20(3)18(25)28-12)16-19(2)10-8-9(24-4)6-7-11(10)26-16/h6-8H,5H2,1-4H3. The molecule has 0 spiro atoms. The highest BCUT2D eigenvalue weighted by molar-refractivity contribution is 8.30. The van der Waals surface area contributed by atoms with Crippen LogP contribution in [-0.4, -0.2) is 40.9 Å². The van der Waals surface area contributed by atoms with Crippen LogP contribution in [0.5, 0.6) is 5.75 Å². The van der Waals surface area contributed by atoms with Crippen molar-refractivity contribution < 1.29 is 9.53 Å². The van der Waals surface area contributed by atoms with Gasteiger partial charge in [-0.3, -0.25) is 19.1 Å². The van der Waals surface area contributed by atoms with Crippen LogP contribution in [-0.2, 0) is 11.3 Å². The summed E-state index contributed by atoms with van der Waals surface area (Å²) in [5, 5.41) is 0.860. The number of carbonyl (C=O) groups excluding carboxylic acids is 1. The molecule has 1 fully saturated rings. The van der Waals surface area contributed by atoms with Crippen LogP contribution in [0.2, 0.25) is 0 Å². The van der Waals surface area contributed by atoms with Gasteiger partial charge in [-0.2, -0.15) is 0 Å². The topological polar surface area (TPSA) is 54.8 Å². The summed E-state index contributed by atoms with van der Waals surface area (Å²) in [6.45, 7) is 2.39. The number of thiocarbonyl (C=S) groups is 1. The van der Waals surface area contributed by atoms with Gasteiger partial charge in [0.05, 0.1) is 12.8 Å². The highest BCUT2D eigenvalue weighted by Gasteiger charge is 2.32. The number of methoxy groups -OCH3 is 1. The van der Waals surface area contributed by atoms with E-state index in [0.717, 1.165) is 21.4 Å². The Morgan fingerprint density at radius 2 is 1.89 bits per heavy atom. The van der Waals surface area contributed by atoms with Crippen molar-refractivity contribution in [3.05, 3.63) is 37.7 Å². The van der Waals surface area contributed by atoms with Crippen LogP contribution in [0.1, 0.15) is 6.92 Å². The minimum Gasteiger partial charge on any atom is -0.497 e. The summed E-state index contributed by atoms with van der Waals surface area (Å²) in [6, 6.07) is 5.86. The van der Waals surface area contributed by atoms with Crippen LogP contribution >= 0.6 is 47.1 Å². The maximum Gasteiger partial charge on any atom is 0.271 e. The molecule has 0 atom stereocenters. The Labute approximate surface area is 179 Å². The summed E-state index contributed by atoms with van der Waals surface area (Å²) in [4.78, 5) is 30.8. The Kier molecular flexibility index (Phi) is 5.07. The van der Waals surface area contributed by atoms with Gasteiger partial charge in [0, 0.05) is 31.6 Å². The van der Waals surface area contributed by atoms with E-state index in [1.54, 1.807) is 30.5 Å². The van der Waals surface area contributed by atoms with Gasteiger partial charge >= 0.3 is 0 Å². The molecule has 2 aliphatic rings. The van der Waals surface area contributed by atoms with Crippen molar-refractivity contribution >= 4 is 72.9 Å². The Hall–Kier alpha value is -1.75. The molecule has 4 rings (SSSR count). The third-order valence-electron chi connectivity index (χ3n) is 4.59. The summed E-state index contributed by atoms with van der Waals surface area (Å²) < 4.78 is 8.78. The molecular weight excluding hydrogens is 434 g/mol. The molecule has 1 amide bonds. The third kappa shape index (κ3) is 2.90. The first-order chi connectivity index (χ1) is 13.4. The molecule has 2 aliphatic heterocycles. The smallest absolute Gasteiger partial charge is 0.271 e. The number of amides is 1. The quantitative estimate of drug-likeness (QED) is 0.646. The van der Waals surface area contributed by atoms with E-state index in [1.165, 1.54) is 28.0 Å². The SMILES string of the molecule is CCn1c(=C2SC(=S)N(C)C2=O)sc(=C2Sc3ccc(OC)cc3N2C)c1=O. The molecule has 0 aliphatic carbocycles. The molecule has 146 valence electrons. The Morgan fingerprint density at radius 1 is 1.14 bits per heavy atom. The number of thioether (sulfide) groups is 2. The lowest BCUT2D eigenvalue weighted by molar-refractivity contribution is -0.119. The van der Waals surface area contributed by atoms with E-state index in [1.807, 2.05) is 37.1 Å². The normalized spacial score (nSPS) is 20.3. The van der Waals surface area contributed by atoms with Crippen molar-refractivity contribution in [3.63, 3.8) is 0 Å². The minimum absolute atomic E-state index is 0.0852. The fourth-order valence-electron chi connectivity index (χ4n) is 3.02. The fourth-order valence-corrected chi connectivity index (χ4v) is 6.85. The maximum absolute atomic E-state index is 13.2. The maximum atomic E-state index is 13.2. The number of ether oxygens (including phenoxy) is 1. The monoisotopic (exact) mass is 451 g/mol. The molecular formula is C18H17N3O3S4. The Morgan fingerprint density at radius 3 is 2.50 bits per heavy atom. The van der Waals surface area contributed by atoms with Crippen molar-refractivity contribution in [2.45, 2.75) is 18.4 Å². The fraction of sp³-hybridized carbons (Fsp3) is 0.278. The van der Waals surface area contributed by atoms with Gasteiger partial charge in [0.1, 0.15) is 29.2 Å². The van der Waals surface area contributed by atoms with Crippen LogP contribution in [0.4, 0.5) is 5.69 Å².